The number of hydrogen-bond donors (Lipinski definition) is 3. The number of benzene rings is 2. The van der Waals surface area contributed by atoms with Gasteiger partial charge >= 0.3 is 0 Å². The lowest BCUT2D eigenvalue weighted by Crippen LogP contribution is -2.49. The van der Waals surface area contributed by atoms with E-state index < -0.39 is 17.9 Å². The third-order valence-corrected chi connectivity index (χ3v) is 5.54. The molecule has 0 radical (unpaired) electrons. The number of nitrogens with zero attached hydrogens (tertiary/aromatic N) is 2. The van der Waals surface area contributed by atoms with Gasteiger partial charge in [-0.05, 0) is 55.4 Å². The zero-order valence-electron chi connectivity index (χ0n) is 18.9. The number of aliphatic hydroxyl groups is 1. The van der Waals surface area contributed by atoms with Gasteiger partial charge in [0.25, 0.3) is 5.91 Å². The van der Waals surface area contributed by atoms with Gasteiger partial charge in [0.15, 0.2) is 5.11 Å². The quantitative estimate of drug-likeness (QED) is 0.420. The molecule has 34 heavy (non-hydrogen) atoms. The summed E-state index contributed by atoms with van der Waals surface area (Å²) in [6.45, 7) is 2.51. The predicted octanol–water partition coefficient (Wildman–Crippen LogP) is 2.22. The summed E-state index contributed by atoms with van der Waals surface area (Å²) in [4.78, 5) is 39.7. The highest BCUT2D eigenvalue weighted by Gasteiger charge is 2.44. The first-order valence-electron chi connectivity index (χ1n) is 11.0. The fourth-order valence-electron chi connectivity index (χ4n) is 3.48. The third-order valence-electron chi connectivity index (χ3n) is 5.12. The van der Waals surface area contributed by atoms with E-state index in [-0.39, 0.29) is 43.4 Å². The summed E-state index contributed by atoms with van der Waals surface area (Å²) in [5.74, 6) is -0.493. The maximum absolute atomic E-state index is 13.2. The number of thiocarbonyl (C=S) groups is 1. The highest BCUT2D eigenvalue weighted by molar-refractivity contribution is 7.80. The average molecular weight is 485 g/mol. The number of aliphatic hydroxyl groups excluding tert-OH is 1. The SMILES string of the molecule is CCOc1ccc(NC(=O)CC2C(=O)N(Cc3ccccc3)C(=S)N2NC(=O)CCCO)cc1. The number of nitrogens with one attached hydrogen (secondary N) is 2. The van der Waals surface area contributed by atoms with Crippen LogP contribution < -0.4 is 15.5 Å². The lowest BCUT2D eigenvalue weighted by atomic mass is 10.1. The van der Waals surface area contributed by atoms with Gasteiger partial charge < -0.3 is 15.2 Å². The van der Waals surface area contributed by atoms with Crippen LogP contribution in [0.4, 0.5) is 5.69 Å². The van der Waals surface area contributed by atoms with E-state index in [1.54, 1.807) is 24.3 Å². The lowest BCUT2D eigenvalue weighted by molar-refractivity contribution is -0.133. The van der Waals surface area contributed by atoms with Crippen molar-refractivity contribution in [1.82, 2.24) is 15.3 Å². The summed E-state index contributed by atoms with van der Waals surface area (Å²) in [6.07, 6.45) is 0.127. The minimum atomic E-state index is -0.989. The van der Waals surface area contributed by atoms with Gasteiger partial charge in [0, 0.05) is 18.7 Å². The number of carbonyl (C=O) groups excluding carboxylic acids is 3. The molecule has 1 heterocycles. The van der Waals surface area contributed by atoms with E-state index in [1.807, 2.05) is 37.3 Å². The molecule has 10 heteroatoms. The van der Waals surface area contributed by atoms with Gasteiger partial charge in [0.2, 0.25) is 11.8 Å². The van der Waals surface area contributed by atoms with E-state index in [1.165, 1.54) is 9.91 Å². The number of hydrogen-bond acceptors (Lipinski definition) is 6. The second-order valence-electron chi connectivity index (χ2n) is 7.65. The van der Waals surface area contributed by atoms with E-state index in [4.69, 9.17) is 22.1 Å². The summed E-state index contributed by atoms with van der Waals surface area (Å²) < 4.78 is 5.40. The lowest BCUT2D eigenvalue weighted by Gasteiger charge is -2.24. The Labute approximate surface area is 203 Å². The summed E-state index contributed by atoms with van der Waals surface area (Å²) in [5, 5.41) is 13.1. The fraction of sp³-hybridized carbons (Fsp3) is 0.333. The van der Waals surface area contributed by atoms with Crippen LogP contribution in [0, 0.1) is 0 Å². The molecule has 0 spiro atoms. The van der Waals surface area contributed by atoms with Gasteiger partial charge in [-0.3, -0.25) is 24.7 Å². The Morgan fingerprint density at radius 2 is 1.79 bits per heavy atom. The molecule has 3 rings (SSSR count). The predicted molar refractivity (Wildman–Crippen MR) is 131 cm³/mol. The molecule has 0 aromatic heterocycles. The second-order valence-corrected chi connectivity index (χ2v) is 8.02. The topological polar surface area (TPSA) is 111 Å². The van der Waals surface area contributed by atoms with E-state index in [2.05, 4.69) is 10.7 Å². The van der Waals surface area contributed by atoms with Crippen LogP contribution in [0.2, 0.25) is 0 Å². The third kappa shape index (κ3) is 6.52. The normalized spacial score (nSPS) is 15.4. The van der Waals surface area contributed by atoms with Crippen molar-refractivity contribution < 1.29 is 24.2 Å². The molecule has 3 amide bonds. The molecule has 9 nitrogen and oxygen atoms in total. The molecule has 1 aliphatic heterocycles. The molecular weight excluding hydrogens is 456 g/mol. The zero-order chi connectivity index (χ0) is 24.5. The molecule has 1 saturated heterocycles. The Bertz CT molecular complexity index is 1020. The van der Waals surface area contributed by atoms with Crippen LogP contribution in [0.5, 0.6) is 5.75 Å². The summed E-state index contributed by atoms with van der Waals surface area (Å²) in [7, 11) is 0. The van der Waals surface area contributed by atoms with Crippen molar-refractivity contribution in [3.05, 3.63) is 60.2 Å². The van der Waals surface area contributed by atoms with Crippen molar-refractivity contribution in [2.45, 2.75) is 38.8 Å². The smallest absolute Gasteiger partial charge is 0.254 e. The molecule has 1 unspecified atom stereocenters. The minimum absolute atomic E-state index is 0.0631. The van der Waals surface area contributed by atoms with Crippen LogP contribution in [0.3, 0.4) is 0 Å². The molecular formula is C24H28N4O5S. The Morgan fingerprint density at radius 1 is 1.09 bits per heavy atom. The van der Waals surface area contributed by atoms with Gasteiger partial charge in [0.1, 0.15) is 11.8 Å². The highest BCUT2D eigenvalue weighted by Crippen LogP contribution is 2.23. The number of carbonyl (C=O) groups is 3. The van der Waals surface area contributed by atoms with Crippen LogP contribution in [0.1, 0.15) is 31.7 Å². The Kier molecular flexibility index (Phi) is 8.94. The van der Waals surface area contributed by atoms with Crippen LogP contribution in [-0.2, 0) is 20.9 Å². The Balaban J connectivity index is 1.73. The van der Waals surface area contributed by atoms with E-state index >= 15 is 0 Å². The van der Waals surface area contributed by atoms with Crippen LogP contribution in [-0.4, -0.2) is 57.1 Å². The number of ether oxygens (including phenoxy) is 1. The van der Waals surface area contributed by atoms with Gasteiger partial charge in [-0.1, -0.05) is 30.3 Å². The number of anilines is 1. The summed E-state index contributed by atoms with van der Waals surface area (Å²) >= 11 is 5.49. The first-order valence-corrected chi connectivity index (χ1v) is 11.4. The monoisotopic (exact) mass is 484 g/mol. The van der Waals surface area contributed by atoms with Crippen molar-refractivity contribution in [3.8, 4) is 5.75 Å². The van der Waals surface area contributed by atoms with Crippen LogP contribution in [0.15, 0.2) is 54.6 Å². The molecule has 0 saturated carbocycles. The van der Waals surface area contributed by atoms with Crippen molar-refractivity contribution in [1.29, 1.82) is 0 Å². The van der Waals surface area contributed by atoms with Crippen molar-refractivity contribution in [2.24, 2.45) is 0 Å². The molecule has 3 N–H and O–H groups in total. The molecule has 180 valence electrons. The maximum Gasteiger partial charge on any atom is 0.254 e. The Morgan fingerprint density at radius 3 is 2.44 bits per heavy atom. The van der Waals surface area contributed by atoms with Crippen molar-refractivity contribution in [3.63, 3.8) is 0 Å². The second kappa shape index (κ2) is 12.1. The Hall–Kier alpha value is -3.50. The summed E-state index contributed by atoms with van der Waals surface area (Å²) in [6, 6.07) is 15.2. The van der Waals surface area contributed by atoms with Crippen LogP contribution >= 0.6 is 12.2 Å². The zero-order valence-corrected chi connectivity index (χ0v) is 19.7. The van der Waals surface area contributed by atoms with Gasteiger partial charge in [-0.2, -0.15) is 0 Å². The summed E-state index contributed by atoms with van der Waals surface area (Å²) in [5.41, 5.74) is 4.06. The average Bonchev–Trinajstić information content (AvgIpc) is 3.04. The highest BCUT2D eigenvalue weighted by atomic mass is 32.1. The van der Waals surface area contributed by atoms with Crippen LogP contribution in [0.25, 0.3) is 0 Å². The first kappa shape index (κ1) is 25.1. The molecule has 1 aliphatic rings. The van der Waals surface area contributed by atoms with E-state index in [0.717, 1.165) is 5.56 Å². The van der Waals surface area contributed by atoms with E-state index in [0.29, 0.717) is 18.0 Å². The molecule has 0 bridgehead atoms. The maximum atomic E-state index is 13.2. The molecule has 2 aromatic carbocycles. The van der Waals surface area contributed by atoms with Crippen molar-refractivity contribution in [2.75, 3.05) is 18.5 Å². The molecule has 1 fully saturated rings. The minimum Gasteiger partial charge on any atom is -0.494 e. The fourth-order valence-corrected chi connectivity index (χ4v) is 3.81. The molecule has 2 aromatic rings. The number of rotatable bonds is 11. The molecule has 1 atom stereocenters. The van der Waals surface area contributed by atoms with Crippen molar-refractivity contribution >= 4 is 40.7 Å². The molecule has 0 aliphatic carbocycles. The van der Waals surface area contributed by atoms with Gasteiger partial charge in [0.05, 0.1) is 19.6 Å². The number of hydrazine groups is 1. The van der Waals surface area contributed by atoms with Gasteiger partial charge in [-0.25, -0.2) is 5.01 Å². The largest absolute Gasteiger partial charge is 0.494 e. The standard InChI is InChI=1S/C24H28N4O5S/c1-2-33-19-12-10-18(11-13-19)25-22(31)15-20-23(32)27(16-17-7-4-3-5-8-17)24(34)28(20)26-21(30)9-6-14-29/h3-5,7-8,10-13,20,29H,2,6,9,14-16H2,1H3,(H,25,31)(H,26,30). The first-order chi connectivity index (χ1) is 16.4. The van der Waals surface area contributed by atoms with Gasteiger partial charge in [-0.15, -0.1) is 0 Å². The number of amides is 3. The van der Waals surface area contributed by atoms with E-state index in [9.17, 15) is 14.4 Å².